The Morgan fingerprint density at radius 2 is 1.96 bits per heavy atom. The first-order valence-corrected chi connectivity index (χ1v) is 9.04. The molecular weight excluding hydrogens is 323 g/mol. The van der Waals surface area contributed by atoms with Gasteiger partial charge in [-0.3, -0.25) is 9.59 Å². The molecule has 4 rings (SSSR count). The number of amides is 2. The summed E-state index contributed by atoms with van der Waals surface area (Å²) in [5, 5.41) is 0. The van der Waals surface area contributed by atoms with Gasteiger partial charge in [-0.15, -0.1) is 0 Å². The van der Waals surface area contributed by atoms with Crippen LogP contribution < -0.4 is 4.74 Å². The maximum Gasteiger partial charge on any atom is 0.258 e. The maximum absolute atomic E-state index is 14.0. The number of hydrogen-bond donors (Lipinski definition) is 0. The molecule has 2 amide bonds. The van der Waals surface area contributed by atoms with Crippen LogP contribution in [0.2, 0.25) is 0 Å². The van der Waals surface area contributed by atoms with E-state index in [0.29, 0.717) is 25.4 Å². The first-order chi connectivity index (χ1) is 12.1. The number of likely N-dealkylation sites (tertiary alicyclic amines) is 2. The molecule has 2 aliphatic heterocycles. The van der Waals surface area contributed by atoms with Gasteiger partial charge in [0.2, 0.25) is 5.91 Å². The van der Waals surface area contributed by atoms with E-state index < -0.39 is 11.4 Å². The Labute approximate surface area is 146 Å². The van der Waals surface area contributed by atoms with E-state index in [0.717, 1.165) is 32.2 Å². The molecule has 1 spiro atoms. The summed E-state index contributed by atoms with van der Waals surface area (Å²) in [4.78, 5) is 30.1. The van der Waals surface area contributed by atoms with E-state index >= 15 is 0 Å². The zero-order chi connectivity index (χ0) is 17.6. The van der Waals surface area contributed by atoms with E-state index in [1.165, 1.54) is 19.2 Å². The van der Waals surface area contributed by atoms with E-state index in [9.17, 15) is 14.0 Å². The molecule has 1 aromatic rings. The lowest BCUT2D eigenvalue weighted by Crippen LogP contribution is -2.61. The van der Waals surface area contributed by atoms with Crippen molar-refractivity contribution in [2.75, 3.05) is 20.2 Å². The summed E-state index contributed by atoms with van der Waals surface area (Å²) >= 11 is 0. The maximum atomic E-state index is 14.0. The average molecular weight is 346 g/mol. The summed E-state index contributed by atoms with van der Waals surface area (Å²) in [6.07, 6.45) is 5.22. The Balaban J connectivity index is 1.68. The number of piperidine rings is 1. The number of methoxy groups -OCH3 is 1. The monoisotopic (exact) mass is 346 g/mol. The van der Waals surface area contributed by atoms with Gasteiger partial charge in [0.25, 0.3) is 5.91 Å². The second kappa shape index (κ2) is 6.00. The minimum Gasteiger partial charge on any atom is -0.493 e. The molecule has 2 saturated heterocycles. The number of halogens is 1. The Morgan fingerprint density at radius 1 is 1.24 bits per heavy atom. The molecule has 2 heterocycles. The molecule has 1 atom stereocenters. The van der Waals surface area contributed by atoms with Crippen molar-refractivity contribution < 1.29 is 18.7 Å². The number of para-hydroxylation sites is 1. The van der Waals surface area contributed by atoms with Gasteiger partial charge < -0.3 is 14.5 Å². The van der Waals surface area contributed by atoms with Gasteiger partial charge in [-0.05, 0) is 50.7 Å². The Hall–Kier alpha value is -2.11. The number of carbonyl (C=O) groups is 2. The quantitative estimate of drug-likeness (QED) is 0.845. The summed E-state index contributed by atoms with van der Waals surface area (Å²) in [6.45, 7) is 1.32. The van der Waals surface area contributed by atoms with Crippen molar-refractivity contribution in [3.05, 3.63) is 29.6 Å². The van der Waals surface area contributed by atoms with Gasteiger partial charge in [-0.2, -0.15) is 0 Å². The summed E-state index contributed by atoms with van der Waals surface area (Å²) in [5.74, 6) is -0.824. The highest BCUT2D eigenvalue weighted by Gasteiger charge is 2.55. The van der Waals surface area contributed by atoms with Crippen LogP contribution in [0.15, 0.2) is 18.2 Å². The average Bonchev–Trinajstić information content (AvgIpc) is 3.37. The zero-order valence-electron chi connectivity index (χ0n) is 14.5. The molecule has 3 aliphatic rings. The predicted molar refractivity (Wildman–Crippen MR) is 89.9 cm³/mol. The summed E-state index contributed by atoms with van der Waals surface area (Å²) in [5.41, 5.74) is -0.560. The number of carbonyl (C=O) groups excluding carboxylic acids is 2. The molecule has 1 saturated carbocycles. The van der Waals surface area contributed by atoms with Crippen molar-refractivity contribution in [1.82, 2.24) is 9.80 Å². The molecule has 0 aromatic heterocycles. The molecule has 0 N–H and O–H groups in total. The Morgan fingerprint density at radius 3 is 2.64 bits per heavy atom. The molecule has 3 fully saturated rings. The third-order valence-electron chi connectivity index (χ3n) is 5.77. The minimum atomic E-state index is -0.755. The zero-order valence-corrected chi connectivity index (χ0v) is 14.5. The van der Waals surface area contributed by atoms with Crippen molar-refractivity contribution in [1.29, 1.82) is 0 Å². The van der Waals surface area contributed by atoms with E-state index in [1.807, 2.05) is 4.90 Å². The summed E-state index contributed by atoms with van der Waals surface area (Å²) < 4.78 is 19.1. The normalized spacial score (nSPS) is 26.4. The number of ether oxygens (including phenoxy) is 1. The molecule has 1 aliphatic carbocycles. The first-order valence-electron chi connectivity index (χ1n) is 9.04. The van der Waals surface area contributed by atoms with Gasteiger partial charge in [0.15, 0.2) is 11.6 Å². The van der Waals surface area contributed by atoms with Crippen LogP contribution in [-0.2, 0) is 4.79 Å². The van der Waals surface area contributed by atoms with E-state index in [-0.39, 0.29) is 23.1 Å². The third-order valence-corrected chi connectivity index (χ3v) is 5.77. The van der Waals surface area contributed by atoms with Crippen LogP contribution in [0.25, 0.3) is 0 Å². The highest BCUT2D eigenvalue weighted by molar-refractivity contribution is 6.01. The summed E-state index contributed by atoms with van der Waals surface area (Å²) in [6, 6.07) is 4.71. The van der Waals surface area contributed by atoms with Crippen LogP contribution in [-0.4, -0.2) is 53.4 Å². The largest absolute Gasteiger partial charge is 0.493 e. The fourth-order valence-electron chi connectivity index (χ4n) is 4.44. The van der Waals surface area contributed by atoms with Crippen LogP contribution in [0.5, 0.6) is 5.75 Å². The number of rotatable bonds is 3. The standard InChI is InChI=1S/C19H23FN2O3/c1-25-16-14(5-2-6-15(16)20)17(23)22-12-4-10-19(22)9-3-11-21(18(19)24)13-7-8-13/h2,5-6,13H,3-4,7-12H2,1H3. The van der Waals surface area contributed by atoms with Crippen molar-refractivity contribution in [2.45, 2.75) is 50.1 Å². The van der Waals surface area contributed by atoms with E-state index in [2.05, 4.69) is 0 Å². The number of benzene rings is 1. The van der Waals surface area contributed by atoms with Gasteiger partial charge in [0.1, 0.15) is 5.54 Å². The lowest BCUT2D eigenvalue weighted by Gasteiger charge is -2.44. The molecule has 25 heavy (non-hydrogen) atoms. The number of nitrogens with zero attached hydrogens (tertiary/aromatic N) is 2. The first kappa shape index (κ1) is 16.4. The van der Waals surface area contributed by atoms with Crippen molar-refractivity contribution >= 4 is 11.8 Å². The molecular formula is C19H23FN2O3. The van der Waals surface area contributed by atoms with E-state index in [1.54, 1.807) is 11.0 Å². The van der Waals surface area contributed by atoms with Gasteiger partial charge in [0.05, 0.1) is 12.7 Å². The molecule has 0 radical (unpaired) electrons. The lowest BCUT2D eigenvalue weighted by molar-refractivity contribution is -0.146. The highest BCUT2D eigenvalue weighted by atomic mass is 19.1. The fraction of sp³-hybridized carbons (Fsp3) is 0.579. The van der Waals surface area contributed by atoms with Crippen molar-refractivity contribution in [2.24, 2.45) is 0 Å². The molecule has 1 unspecified atom stereocenters. The Kier molecular flexibility index (Phi) is 3.93. The topological polar surface area (TPSA) is 49.9 Å². The second-order valence-corrected chi connectivity index (χ2v) is 7.25. The molecule has 0 bridgehead atoms. The van der Waals surface area contributed by atoms with Crippen LogP contribution in [0, 0.1) is 5.82 Å². The van der Waals surface area contributed by atoms with E-state index in [4.69, 9.17) is 4.74 Å². The fourth-order valence-corrected chi connectivity index (χ4v) is 4.44. The smallest absolute Gasteiger partial charge is 0.258 e. The molecule has 6 heteroatoms. The summed E-state index contributed by atoms with van der Waals surface area (Å²) in [7, 11) is 1.36. The third kappa shape index (κ3) is 2.50. The van der Waals surface area contributed by atoms with Crippen LogP contribution in [0.4, 0.5) is 4.39 Å². The number of hydrogen-bond acceptors (Lipinski definition) is 3. The van der Waals surface area contributed by atoms with Crippen LogP contribution >= 0.6 is 0 Å². The van der Waals surface area contributed by atoms with Gasteiger partial charge in [0, 0.05) is 19.1 Å². The van der Waals surface area contributed by atoms with Gasteiger partial charge in [-0.1, -0.05) is 6.07 Å². The van der Waals surface area contributed by atoms with Gasteiger partial charge in [-0.25, -0.2) is 4.39 Å². The van der Waals surface area contributed by atoms with Crippen molar-refractivity contribution in [3.63, 3.8) is 0 Å². The SMILES string of the molecule is COc1c(F)cccc1C(=O)N1CCCC12CCCN(C1CC1)C2=O. The van der Waals surface area contributed by atoms with Crippen molar-refractivity contribution in [3.8, 4) is 5.75 Å². The Bertz CT molecular complexity index is 719. The minimum absolute atomic E-state index is 0.0446. The second-order valence-electron chi connectivity index (χ2n) is 7.25. The predicted octanol–water partition coefficient (Wildman–Crippen LogP) is 2.59. The molecule has 5 nitrogen and oxygen atoms in total. The van der Waals surface area contributed by atoms with Crippen LogP contribution in [0.1, 0.15) is 48.9 Å². The molecule has 134 valence electrons. The lowest BCUT2D eigenvalue weighted by atomic mass is 9.85. The molecule has 1 aromatic carbocycles. The highest BCUT2D eigenvalue weighted by Crippen LogP contribution is 2.43. The van der Waals surface area contributed by atoms with Gasteiger partial charge >= 0.3 is 0 Å². The van der Waals surface area contributed by atoms with Crippen LogP contribution in [0.3, 0.4) is 0 Å².